The quantitative estimate of drug-likeness (QED) is 0.203. The lowest BCUT2D eigenvalue weighted by Crippen LogP contribution is -2.27. The molecule has 6 aromatic carbocycles. The molecule has 47 heavy (non-hydrogen) atoms. The zero-order chi connectivity index (χ0) is 31.0. The van der Waals surface area contributed by atoms with Crippen molar-refractivity contribution in [3.05, 3.63) is 186 Å². The predicted octanol–water partition coefficient (Wildman–Crippen LogP) is 10.4. The number of pyridine rings is 1. The third-order valence-corrected chi connectivity index (χ3v) is 10.0. The van der Waals surface area contributed by atoms with Gasteiger partial charge in [0.15, 0.2) is 5.82 Å². The van der Waals surface area contributed by atoms with Gasteiger partial charge in [-0.15, -0.1) is 0 Å². The van der Waals surface area contributed by atoms with Gasteiger partial charge in [0.2, 0.25) is 0 Å². The summed E-state index contributed by atoms with van der Waals surface area (Å²) in [6.45, 7) is 0. The number of benzene rings is 6. The largest absolute Gasteiger partial charge is 0.256 e. The normalized spacial score (nSPS) is 15.3. The van der Waals surface area contributed by atoms with Crippen molar-refractivity contribution in [1.29, 1.82) is 0 Å². The molecular formula is C44H27N3. The Hall–Kier alpha value is -6.19. The number of aromatic nitrogens is 3. The Labute approximate surface area is 272 Å². The third-order valence-electron chi connectivity index (χ3n) is 10.0. The van der Waals surface area contributed by atoms with Crippen LogP contribution in [0.5, 0.6) is 0 Å². The van der Waals surface area contributed by atoms with Gasteiger partial charge in [0.1, 0.15) is 0 Å². The Balaban J connectivity index is 1.26. The van der Waals surface area contributed by atoms with Crippen LogP contribution in [0.2, 0.25) is 0 Å². The molecular weight excluding hydrogens is 571 g/mol. The Bertz CT molecular complexity index is 2510. The summed E-state index contributed by atoms with van der Waals surface area (Å²) in [7, 11) is 0. The number of hydrogen-bond acceptors (Lipinski definition) is 3. The molecule has 3 heteroatoms. The number of fused-ring (bicyclic) bond motifs is 11. The second-order valence-electron chi connectivity index (χ2n) is 12.3. The third kappa shape index (κ3) is 3.60. The molecule has 0 N–H and O–H groups in total. The zero-order valence-electron chi connectivity index (χ0n) is 25.4. The highest BCUT2D eigenvalue weighted by Gasteiger charge is 2.53. The lowest BCUT2D eigenvalue weighted by atomic mass is 9.72. The molecule has 0 fully saturated rings. The molecule has 0 radical (unpaired) electrons. The summed E-state index contributed by atoms with van der Waals surface area (Å²) in [6.07, 6.45) is 3.91. The SMILES string of the molecule is c1ccc(-c2ccc(-c3ncc4c(n3)C3(c5ccccc5-c5ccc(-c6ccccn6)cc53)c3ccccc3-4)c3ccccc23)cc1. The summed E-state index contributed by atoms with van der Waals surface area (Å²) >= 11 is 0. The first-order valence-corrected chi connectivity index (χ1v) is 16.0. The summed E-state index contributed by atoms with van der Waals surface area (Å²) in [4.78, 5) is 15.4. The van der Waals surface area contributed by atoms with E-state index in [4.69, 9.17) is 15.0 Å². The number of nitrogens with zero attached hydrogens (tertiary/aromatic N) is 3. The van der Waals surface area contributed by atoms with Gasteiger partial charge in [-0.3, -0.25) is 4.98 Å². The van der Waals surface area contributed by atoms with Crippen LogP contribution in [0.15, 0.2) is 164 Å². The van der Waals surface area contributed by atoms with E-state index in [0.29, 0.717) is 0 Å². The van der Waals surface area contributed by atoms with E-state index in [2.05, 4.69) is 140 Å². The van der Waals surface area contributed by atoms with Crippen LogP contribution in [-0.2, 0) is 5.41 Å². The summed E-state index contributed by atoms with van der Waals surface area (Å²) in [6, 6.07) is 54.1. The average molecular weight is 598 g/mol. The summed E-state index contributed by atoms with van der Waals surface area (Å²) < 4.78 is 0. The van der Waals surface area contributed by atoms with Crippen molar-refractivity contribution >= 4 is 10.8 Å². The maximum absolute atomic E-state index is 5.60. The van der Waals surface area contributed by atoms with E-state index in [9.17, 15) is 0 Å². The highest BCUT2D eigenvalue weighted by atomic mass is 14.9. The molecule has 0 amide bonds. The lowest BCUT2D eigenvalue weighted by molar-refractivity contribution is 0.758. The van der Waals surface area contributed by atoms with E-state index in [1.165, 1.54) is 49.9 Å². The van der Waals surface area contributed by atoms with E-state index in [1.807, 2.05) is 24.5 Å². The maximum atomic E-state index is 5.60. The molecule has 0 saturated heterocycles. The Morgan fingerprint density at radius 3 is 1.79 bits per heavy atom. The van der Waals surface area contributed by atoms with Crippen LogP contribution in [0.3, 0.4) is 0 Å². The van der Waals surface area contributed by atoms with E-state index in [1.54, 1.807) is 0 Å². The van der Waals surface area contributed by atoms with Crippen LogP contribution in [0, 0.1) is 0 Å². The Kier molecular flexibility index (Phi) is 5.49. The first-order valence-electron chi connectivity index (χ1n) is 16.0. The molecule has 1 spiro atoms. The highest BCUT2D eigenvalue weighted by Crippen LogP contribution is 2.62. The molecule has 0 saturated carbocycles. The first kappa shape index (κ1) is 26.1. The molecule has 3 nitrogen and oxygen atoms in total. The van der Waals surface area contributed by atoms with E-state index in [-0.39, 0.29) is 0 Å². The minimum atomic E-state index is -0.583. The monoisotopic (exact) mass is 597 g/mol. The standard InChI is InChI=1S/C44H27N3/c1-2-12-28(13-3-1)30-23-24-36(32-15-5-4-14-31(30)32)43-46-27-37-34-17-7-9-19-39(34)44(42(37)47-43)38-18-8-6-16-33(38)35-22-21-29(26-40(35)44)41-20-10-11-25-45-41/h1-27H. The predicted molar refractivity (Wildman–Crippen MR) is 190 cm³/mol. The minimum absolute atomic E-state index is 0.583. The molecule has 2 aromatic heterocycles. The minimum Gasteiger partial charge on any atom is -0.256 e. The smallest absolute Gasteiger partial charge is 0.160 e. The molecule has 1 atom stereocenters. The van der Waals surface area contributed by atoms with Crippen LogP contribution >= 0.6 is 0 Å². The molecule has 0 aliphatic heterocycles. The Morgan fingerprint density at radius 2 is 1.02 bits per heavy atom. The first-order chi connectivity index (χ1) is 23.3. The molecule has 2 aliphatic carbocycles. The van der Waals surface area contributed by atoms with Crippen molar-refractivity contribution < 1.29 is 0 Å². The van der Waals surface area contributed by atoms with Crippen LogP contribution in [0.25, 0.3) is 66.8 Å². The van der Waals surface area contributed by atoms with Crippen LogP contribution in [0.1, 0.15) is 22.4 Å². The number of rotatable bonds is 3. The number of hydrogen-bond donors (Lipinski definition) is 0. The van der Waals surface area contributed by atoms with Gasteiger partial charge in [-0.25, -0.2) is 9.97 Å². The van der Waals surface area contributed by atoms with Crippen molar-refractivity contribution in [1.82, 2.24) is 15.0 Å². The van der Waals surface area contributed by atoms with E-state index in [0.717, 1.165) is 39.3 Å². The fourth-order valence-corrected chi connectivity index (χ4v) is 8.05. The van der Waals surface area contributed by atoms with Crippen LogP contribution in [-0.4, -0.2) is 15.0 Å². The topological polar surface area (TPSA) is 38.7 Å². The molecule has 2 aliphatic rings. The van der Waals surface area contributed by atoms with Crippen LogP contribution in [0.4, 0.5) is 0 Å². The van der Waals surface area contributed by atoms with Gasteiger partial charge in [-0.2, -0.15) is 0 Å². The molecule has 8 aromatic rings. The van der Waals surface area contributed by atoms with Gasteiger partial charge in [0, 0.05) is 29.1 Å². The lowest BCUT2D eigenvalue weighted by Gasteiger charge is -2.29. The fraction of sp³-hybridized carbons (Fsp3) is 0.0227. The van der Waals surface area contributed by atoms with E-state index >= 15 is 0 Å². The van der Waals surface area contributed by atoms with Gasteiger partial charge in [0.25, 0.3) is 0 Å². The van der Waals surface area contributed by atoms with Crippen molar-refractivity contribution in [3.63, 3.8) is 0 Å². The van der Waals surface area contributed by atoms with Crippen LogP contribution < -0.4 is 0 Å². The second-order valence-corrected chi connectivity index (χ2v) is 12.3. The fourth-order valence-electron chi connectivity index (χ4n) is 8.05. The Morgan fingerprint density at radius 1 is 0.404 bits per heavy atom. The van der Waals surface area contributed by atoms with Gasteiger partial charge < -0.3 is 0 Å². The molecule has 2 heterocycles. The summed E-state index contributed by atoms with van der Waals surface area (Å²) in [5.41, 5.74) is 14.4. The molecule has 1 unspecified atom stereocenters. The molecule has 218 valence electrons. The van der Waals surface area contributed by atoms with Gasteiger partial charge in [0.05, 0.1) is 16.8 Å². The summed E-state index contributed by atoms with van der Waals surface area (Å²) in [5, 5.41) is 2.33. The summed E-state index contributed by atoms with van der Waals surface area (Å²) in [5.74, 6) is 0.735. The van der Waals surface area contributed by atoms with Crippen molar-refractivity contribution in [2.45, 2.75) is 5.41 Å². The van der Waals surface area contributed by atoms with Gasteiger partial charge in [-0.05, 0) is 79.5 Å². The second kappa shape index (κ2) is 9.90. The van der Waals surface area contributed by atoms with Crippen molar-refractivity contribution in [2.24, 2.45) is 0 Å². The molecule has 10 rings (SSSR count). The van der Waals surface area contributed by atoms with Gasteiger partial charge in [-0.1, -0.05) is 127 Å². The molecule has 0 bridgehead atoms. The highest BCUT2D eigenvalue weighted by molar-refractivity contribution is 6.04. The maximum Gasteiger partial charge on any atom is 0.160 e. The van der Waals surface area contributed by atoms with Crippen molar-refractivity contribution in [2.75, 3.05) is 0 Å². The van der Waals surface area contributed by atoms with Gasteiger partial charge >= 0.3 is 0 Å². The van der Waals surface area contributed by atoms with Crippen molar-refractivity contribution in [3.8, 4) is 56.0 Å². The zero-order valence-corrected chi connectivity index (χ0v) is 25.4. The van der Waals surface area contributed by atoms with E-state index < -0.39 is 5.41 Å². The average Bonchev–Trinajstić information content (AvgIpc) is 3.62.